The SMILES string of the molecule is C=C(C)COCC(OCOCCOC)=C(F)F. The van der Waals surface area contributed by atoms with Gasteiger partial charge in [-0.2, -0.15) is 8.78 Å². The predicted molar refractivity (Wildman–Crippen MR) is 58.7 cm³/mol. The lowest BCUT2D eigenvalue weighted by molar-refractivity contribution is -0.0532. The second-order valence-electron chi connectivity index (χ2n) is 3.30. The van der Waals surface area contributed by atoms with Crippen molar-refractivity contribution >= 4 is 0 Å². The van der Waals surface area contributed by atoms with Gasteiger partial charge in [0.25, 0.3) is 0 Å². The van der Waals surface area contributed by atoms with Gasteiger partial charge in [0, 0.05) is 7.11 Å². The van der Waals surface area contributed by atoms with Crippen LogP contribution in [0.1, 0.15) is 6.92 Å². The van der Waals surface area contributed by atoms with Gasteiger partial charge in [0.1, 0.15) is 6.61 Å². The van der Waals surface area contributed by atoms with Crippen molar-refractivity contribution in [1.82, 2.24) is 0 Å². The standard InChI is InChI=1S/C11H18F2O4/c1-9(2)6-16-7-10(11(12)13)17-8-15-5-4-14-3/h1,4-8H2,2-3H3. The molecule has 0 aliphatic carbocycles. The van der Waals surface area contributed by atoms with E-state index in [-0.39, 0.29) is 26.6 Å². The molecule has 17 heavy (non-hydrogen) atoms. The number of halogens is 2. The van der Waals surface area contributed by atoms with Crippen LogP contribution in [-0.2, 0) is 18.9 Å². The monoisotopic (exact) mass is 252 g/mol. The van der Waals surface area contributed by atoms with Crippen molar-refractivity contribution in [2.24, 2.45) is 0 Å². The lowest BCUT2D eigenvalue weighted by Gasteiger charge is -2.10. The van der Waals surface area contributed by atoms with E-state index in [0.717, 1.165) is 5.57 Å². The average molecular weight is 252 g/mol. The van der Waals surface area contributed by atoms with Crippen LogP contribution in [0.15, 0.2) is 24.0 Å². The fraction of sp³-hybridized carbons (Fsp3) is 0.636. The Bertz CT molecular complexity index is 250. The van der Waals surface area contributed by atoms with Crippen molar-refractivity contribution < 1.29 is 27.7 Å². The van der Waals surface area contributed by atoms with Gasteiger partial charge < -0.3 is 18.9 Å². The normalized spacial score (nSPS) is 10.1. The van der Waals surface area contributed by atoms with Gasteiger partial charge in [-0.1, -0.05) is 12.2 Å². The number of hydrogen-bond donors (Lipinski definition) is 0. The van der Waals surface area contributed by atoms with Gasteiger partial charge in [-0.3, -0.25) is 0 Å². The Morgan fingerprint density at radius 1 is 1.12 bits per heavy atom. The molecule has 6 heteroatoms. The number of rotatable bonds is 10. The Labute approximate surface area is 99.8 Å². The molecule has 100 valence electrons. The van der Waals surface area contributed by atoms with Gasteiger partial charge in [0.2, 0.25) is 0 Å². The molecule has 0 heterocycles. The fourth-order valence-electron chi connectivity index (χ4n) is 0.783. The van der Waals surface area contributed by atoms with E-state index in [9.17, 15) is 8.78 Å². The van der Waals surface area contributed by atoms with Crippen molar-refractivity contribution in [3.8, 4) is 0 Å². The van der Waals surface area contributed by atoms with E-state index in [2.05, 4.69) is 6.58 Å². The molecule has 0 bridgehead atoms. The van der Waals surface area contributed by atoms with Crippen LogP contribution in [-0.4, -0.2) is 40.3 Å². The van der Waals surface area contributed by atoms with E-state index in [1.54, 1.807) is 6.92 Å². The summed E-state index contributed by atoms with van der Waals surface area (Å²) < 4.78 is 44.0. The van der Waals surface area contributed by atoms with Gasteiger partial charge >= 0.3 is 6.08 Å². The first-order valence-electron chi connectivity index (χ1n) is 5.03. The van der Waals surface area contributed by atoms with Crippen molar-refractivity contribution in [2.45, 2.75) is 6.92 Å². The van der Waals surface area contributed by atoms with E-state index in [1.165, 1.54) is 7.11 Å². The summed E-state index contributed by atoms with van der Waals surface area (Å²) in [4.78, 5) is 0. The van der Waals surface area contributed by atoms with E-state index >= 15 is 0 Å². The van der Waals surface area contributed by atoms with E-state index in [4.69, 9.17) is 18.9 Å². The Kier molecular flexibility index (Phi) is 9.60. The second-order valence-corrected chi connectivity index (χ2v) is 3.30. The molecule has 0 aliphatic heterocycles. The molecule has 0 fully saturated rings. The first kappa shape index (κ1) is 16.0. The summed E-state index contributed by atoms with van der Waals surface area (Å²) in [6.45, 7) is 5.64. The summed E-state index contributed by atoms with van der Waals surface area (Å²) in [7, 11) is 1.52. The molecule has 4 nitrogen and oxygen atoms in total. The zero-order valence-corrected chi connectivity index (χ0v) is 10.1. The van der Waals surface area contributed by atoms with Crippen molar-refractivity contribution in [3.63, 3.8) is 0 Å². The molecule has 0 spiro atoms. The maximum Gasteiger partial charge on any atom is 0.310 e. The average Bonchev–Trinajstić information content (AvgIpc) is 2.25. The van der Waals surface area contributed by atoms with E-state index < -0.39 is 11.8 Å². The topological polar surface area (TPSA) is 36.9 Å². The van der Waals surface area contributed by atoms with E-state index in [0.29, 0.717) is 6.61 Å². The van der Waals surface area contributed by atoms with Crippen molar-refractivity contribution in [1.29, 1.82) is 0 Å². The quantitative estimate of drug-likeness (QED) is 0.259. The molecule has 0 radical (unpaired) electrons. The number of methoxy groups -OCH3 is 1. The molecule has 0 amide bonds. The number of hydrogen-bond acceptors (Lipinski definition) is 4. The van der Waals surface area contributed by atoms with Crippen LogP contribution in [0.4, 0.5) is 8.78 Å². The highest BCUT2D eigenvalue weighted by atomic mass is 19.3. The third-order valence-corrected chi connectivity index (χ3v) is 1.54. The first-order valence-corrected chi connectivity index (χ1v) is 5.03. The zero-order valence-electron chi connectivity index (χ0n) is 10.1. The molecule has 0 aromatic rings. The smallest absolute Gasteiger partial charge is 0.310 e. The minimum Gasteiger partial charge on any atom is -0.464 e. The minimum absolute atomic E-state index is 0.213. The van der Waals surface area contributed by atoms with Crippen LogP contribution in [0.5, 0.6) is 0 Å². The van der Waals surface area contributed by atoms with Crippen LogP contribution in [0.25, 0.3) is 0 Å². The maximum atomic E-state index is 12.4. The summed E-state index contributed by atoms with van der Waals surface area (Å²) in [6.07, 6.45) is -1.91. The van der Waals surface area contributed by atoms with Crippen LogP contribution < -0.4 is 0 Å². The van der Waals surface area contributed by atoms with Gasteiger partial charge in [-0.05, 0) is 6.92 Å². The molecular weight excluding hydrogens is 234 g/mol. The predicted octanol–water partition coefficient (Wildman–Crippen LogP) is 2.32. The highest BCUT2D eigenvalue weighted by molar-refractivity contribution is 4.94. The van der Waals surface area contributed by atoms with Gasteiger partial charge in [-0.15, -0.1) is 0 Å². The molecule has 0 unspecified atom stereocenters. The Balaban J connectivity index is 3.77. The maximum absolute atomic E-state index is 12.4. The van der Waals surface area contributed by atoms with Crippen LogP contribution >= 0.6 is 0 Å². The van der Waals surface area contributed by atoms with Crippen molar-refractivity contribution in [2.75, 3.05) is 40.3 Å². The molecule has 0 aromatic carbocycles. The first-order chi connectivity index (χ1) is 8.07. The molecule has 0 rings (SSSR count). The highest BCUT2D eigenvalue weighted by Gasteiger charge is 2.08. The Hall–Kier alpha value is -0.980. The van der Waals surface area contributed by atoms with Crippen LogP contribution in [0, 0.1) is 0 Å². The molecule has 0 aliphatic rings. The molecule has 0 N–H and O–H groups in total. The number of ether oxygens (including phenoxy) is 4. The molecule has 0 saturated heterocycles. The zero-order chi connectivity index (χ0) is 13.1. The summed E-state index contributed by atoms with van der Waals surface area (Å²) in [5.74, 6) is -0.524. The van der Waals surface area contributed by atoms with Crippen molar-refractivity contribution in [3.05, 3.63) is 24.0 Å². The van der Waals surface area contributed by atoms with Gasteiger partial charge in [-0.25, -0.2) is 0 Å². The third kappa shape index (κ3) is 9.92. The highest BCUT2D eigenvalue weighted by Crippen LogP contribution is 2.10. The molecule has 0 aromatic heterocycles. The molecular formula is C11H18F2O4. The lowest BCUT2D eigenvalue weighted by atomic mass is 10.4. The summed E-state index contributed by atoms with van der Waals surface area (Å²) in [6, 6.07) is 0. The third-order valence-electron chi connectivity index (χ3n) is 1.54. The second kappa shape index (κ2) is 10.2. The fourth-order valence-corrected chi connectivity index (χ4v) is 0.783. The van der Waals surface area contributed by atoms with Gasteiger partial charge in [0.05, 0.1) is 19.8 Å². The lowest BCUT2D eigenvalue weighted by Crippen LogP contribution is -2.10. The van der Waals surface area contributed by atoms with Crippen LogP contribution in [0.2, 0.25) is 0 Å². The Morgan fingerprint density at radius 2 is 1.82 bits per heavy atom. The molecule has 0 atom stereocenters. The minimum atomic E-state index is -1.91. The van der Waals surface area contributed by atoms with E-state index in [1.807, 2.05) is 0 Å². The Morgan fingerprint density at radius 3 is 2.35 bits per heavy atom. The summed E-state index contributed by atoms with van der Waals surface area (Å²) >= 11 is 0. The summed E-state index contributed by atoms with van der Waals surface area (Å²) in [5.41, 5.74) is 0.750. The van der Waals surface area contributed by atoms with Gasteiger partial charge in [0.15, 0.2) is 12.6 Å². The molecule has 0 saturated carbocycles. The van der Waals surface area contributed by atoms with Crippen LogP contribution in [0.3, 0.4) is 0 Å². The summed E-state index contributed by atoms with van der Waals surface area (Å²) in [5, 5.41) is 0. The largest absolute Gasteiger partial charge is 0.464 e.